The Hall–Kier alpha value is -2.71. The third kappa shape index (κ3) is 6.24. The molecule has 7 nitrogen and oxygen atoms in total. The number of amides is 1. The molecule has 0 unspecified atom stereocenters. The molecule has 2 fully saturated rings. The number of pyridine rings is 1. The van der Waals surface area contributed by atoms with Gasteiger partial charge in [-0.25, -0.2) is 9.37 Å². The summed E-state index contributed by atoms with van der Waals surface area (Å²) in [5, 5.41) is 14.3. The molecular formula is C26H35FN4O3. The first-order valence-electron chi connectivity index (χ1n) is 12.2. The van der Waals surface area contributed by atoms with E-state index in [2.05, 4.69) is 20.1 Å². The van der Waals surface area contributed by atoms with Crippen molar-refractivity contribution < 1.29 is 19.0 Å². The lowest BCUT2D eigenvalue weighted by Gasteiger charge is -2.29. The summed E-state index contributed by atoms with van der Waals surface area (Å²) < 4.78 is 18.9. The van der Waals surface area contributed by atoms with Gasteiger partial charge in [-0.3, -0.25) is 4.79 Å². The molecule has 2 aliphatic rings. The molecule has 34 heavy (non-hydrogen) atoms. The first kappa shape index (κ1) is 24.4. The number of aliphatic hydroxyl groups is 1. The normalized spacial score (nSPS) is 20.5. The Morgan fingerprint density at radius 3 is 2.56 bits per heavy atom. The molecule has 1 aromatic carbocycles. The Balaban J connectivity index is 1.42. The molecule has 0 bridgehead atoms. The van der Waals surface area contributed by atoms with Crippen molar-refractivity contribution in [2.45, 2.75) is 51.4 Å². The SMILES string of the molecule is CC(C)Oc1ccc([C@H](O)[C@@H](CN2CCCC2)NC(=O)[C@H]2CCN(c3ccc(F)cc3)C2)cn1. The molecule has 0 saturated carbocycles. The fourth-order valence-corrected chi connectivity index (χ4v) is 4.74. The van der Waals surface area contributed by atoms with Crippen LogP contribution in [0.2, 0.25) is 0 Å². The minimum Gasteiger partial charge on any atom is -0.475 e. The number of nitrogens with one attached hydrogen (secondary N) is 1. The van der Waals surface area contributed by atoms with E-state index in [4.69, 9.17) is 4.74 Å². The summed E-state index contributed by atoms with van der Waals surface area (Å²) >= 11 is 0. The number of rotatable bonds is 9. The van der Waals surface area contributed by atoms with Crippen molar-refractivity contribution in [3.8, 4) is 5.88 Å². The fraction of sp³-hybridized carbons (Fsp3) is 0.538. The summed E-state index contributed by atoms with van der Waals surface area (Å²) in [5.74, 6) is 0.00560. The Morgan fingerprint density at radius 1 is 1.18 bits per heavy atom. The monoisotopic (exact) mass is 470 g/mol. The first-order valence-corrected chi connectivity index (χ1v) is 12.2. The Kier molecular flexibility index (Phi) is 8.00. The zero-order valence-electron chi connectivity index (χ0n) is 20.0. The van der Waals surface area contributed by atoms with Gasteiger partial charge in [0.2, 0.25) is 11.8 Å². The molecule has 4 rings (SSSR count). The predicted molar refractivity (Wildman–Crippen MR) is 129 cm³/mol. The van der Waals surface area contributed by atoms with Crippen LogP contribution in [0.1, 0.15) is 44.8 Å². The van der Waals surface area contributed by atoms with Gasteiger partial charge in [-0.1, -0.05) is 0 Å². The molecule has 3 atom stereocenters. The molecule has 3 heterocycles. The van der Waals surface area contributed by atoms with E-state index >= 15 is 0 Å². The number of hydrogen-bond donors (Lipinski definition) is 2. The van der Waals surface area contributed by atoms with Crippen molar-refractivity contribution in [1.29, 1.82) is 0 Å². The van der Waals surface area contributed by atoms with Crippen LogP contribution in [-0.4, -0.2) is 65.8 Å². The molecule has 2 N–H and O–H groups in total. The van der Waals surface area contributed by atoms with Crippen LogP contribution < -0.4 is 15.0 Å². The van der Waals surface area contributed by atoms with Crippen LogP contribution in [0, 0.1) is 11.7 Å². The lowest BCUT2D eigenvalue weighted by atomic mass is 10.0. The number of carbonyl (C=O) groups is 1. The summed E-state index contributed by atoms with van der Waals surface area (Å²) in [7, 11) is 0. The summed E-state index contributed by atoms with van der Waals surface area (Å²) in [5.41, 5.74) is 1.57. The molecular weight excluding hydrogens is 435 g/mol. The minimum atomic E-state index is -0.875. The van der Waals surface area contributed by atoms with E-state index in [9.17, 15) is 14.3 Å². The van der Waals surface area contributed by atoms with E-state index in [0.29, 0.717) is 24.5 Å². The number of ether oxygens (including phenoxy) is 1. The van der Waals surface area contributed by atoms with Crippen molar-refractivity contribution in [2.24, 2.45) is 5.92 Å². The maximum absolute atomic E-state index is 13.3. The highest BCUT2D eigenvalue weighted by Gasteiger charge is 2.33. The molecule has 2 aliphatic heterocycles. The summed E-state index contributed by atoms with van der Waals surface area (Å²) in [6.07, 6.45) is 3.76. The molecule has 1 amide bonds. The number of likely N-dealkylation sites (tertiary alicyclic amines) is 1. The van der Waals surface area contributed by atoms with Crippen molar-refractivity contribution in [3.05, 3.63) is 54.0 Å². The van der Waals surface area contributed by atoms with Crippen molar-refractivity contribution in [1.82, 2.24) is 15.2 Å². The van der Waals surface area contributed by atoms with Gasteiger partial charge in [-0.2, -0.15) is 0 Å². The number of anilines is 1. The van der Waals surface area contributed by atoms with Crippen LogP contribution in [0.15, 0.2) is 42.6 Å². The highest BCUT2D eigenvalue weighted by Crippen LogP contribution is 2.26. The quantitative estimate of drug-likeness (QED) is 0.586. The van der Waals surface area contributed by atoms with Crippen LogP contribution >= 0.6 is 0 Å². The van der Waals surface area contributed by atoms with E-state index in [-0.39, 0.29) is 23.7 Å². The van der Waals surface area contributed by atoms with Gasteiger partial charge in [0.1, 0.15) is 11.9 Å². The maximum Gasteiger partial charge on any atom is 0.225 e. The van der Waals surface area contributed by atoms with Gasteiger partial charge in [-0.15, -0.1) is 0 Å². The van der Waals surface area contributed by atoms with Crippen molar-refractivity contribution >= 4 is 11.6 Å². The molecule has 2 saturated heterocycles. The lowest BCUT2D eigenvalue weighted by molar-refractivity contribution is -0.126. The molecule has 1 aromatic heterocycles. The van der Waals surface area contributed by atoms with E-state index in [1.54, 1.807) is 24.4 Å². The van der Waals surface area contributed by atoms with Gasteiger partial charge in [0.25, 0.3) is 0 Å². The number of nitrogens with zero attached hydrogens (tertiary/aromatic N) is 3. The number of aromatic nitrogens is 1. The molecule has 184 valence electrons. The van der Waals surface area contributed by atoms with E-state index < -0.39 is 12.1 Å². The van der Waals surface area contributed by atoms with Crippen LogP contribution in [-0.2, 0) is 4.79 Å². The third-order valence-corrected chi connectivity index (χ3v) is 6.57. The number of carbonyl (C=O) groups excluding carboxylic acids is 1. The lowest BCUT2D eigenvalue weighted by Crippen LogP contribution is -2.48. The molecule has 0 spiro atoms. The van der Waals surface area contributed by atoms with E-state index in [1.165, 1.54) is 12.1 Å². The molecule has 0 aliphatic carbocycles. The van der Waals surface area contributed by atoms with Crippen LogP contribution in [0.4, 0.5) is 10.1 Å². The summed E-state index contributed by atoms with van der Waals surface area (Å²) in [6, 6.07) is 9.50. The third-order valence-electron chi connectivity index (χ3n) is 6.57. The maximum atomic E-state index is 13.3. The second kappa shape index (κ2) is 11.1. The Morgan fingerprint density at radius 2 is 1.91 bits per heavy atom. The first-order chi connectivity index (χ1) is 16.4. The molecule has 2 aromatic rings. The van der Waals surface area contributed by atoms with Crippen LogP contribution in [0.3, 0.4) is 0 Å². The fourth-order valence-electron chi connectivity index (χ4n) is 4.74. The Bertz CT molecular complexity index is 932. The van der Waals surface area contributed by atoms with E-state index in [1.807, 2.05) is 19.9 Å². The highest BCUT2D eigenvalue weighted by atomic mass is 19.1. The second-order valence-electron chi connectivity index (χ2n) is 9.57. The average Bonchev–Trinajstić information content (AvgIpc) is 3.51. The standard InChI is InChI=1S/C26H35FN4O3/c1-18(2)34-24-10-5-19(15-28-24)25(32)23(17-30-12-3-4-13-30)29-26(33)20-11-14-31(16-20)22-8-6-21(27)7-9-22/h5-10,15,18,20,23,25,32H,3-4,11-14,16-17H2,1-2H3,(H,29,33)/t20-,23+,25-/m0/s1. The van der Waals surface area contributed by atoms with Gasteiger partial charge >= 0.3 is 0 Å². The van der Waals surface area contributed by atoms with Crippen molar-refractivity contribution in [2.75, 3.05) is 37.6 Å². The second-order valence-corrected chi connectivity index (χ2v) is 9.57. The van der Waals surface area contributed by atoms with Crippen LogP contribution in [0.25, 0.3) is 0 Å². The number of halogens is 1. The summed E-state index contributed by atoms with van der Waals surface area (Å²) in [6.45, 7) is 7.72. The average molecular weight is 471 g/mol. The zero-order valence-corrected chi connectivity index (χ0v) is 20.0. The topological polar surface area (TPSA) is 77.9 Å². The highest BCUT2D eigenvalue weighted by molar-refractivity contribution is 5.80. The van der Waals surface area contributed by atoms with Crippen LogP contribution in [0.5, 0.6) is 5.88 Å². The van der Waals surface area contributed by atoms with Gasteiger partial charge < -0.3 is 25.0 Å². The Labute approximate surface area is 200 Å². The van der Waals surface area contributed by atoms with Gasteiger partial charge in [0.05, 0.1) is 18.1 Å². The summed E-state index contributed by atoms with van der Waals surface area (Å²) in [4.78, 5) is 21.9. The molecule has 8 heteroatoms. The van der Waals surface area contributed by atoms with Gasteiger partial charge in [0, 0.05) is 43.1 Å². The number of benzene rings is 1. The van der Waals surface area contributed by atoms with Gasteiger partial charge in [-0.05, 0) is 76.5 Å². The number of aliphatic hydroxyl groups excluding tert-OH is 1. The predicted octanol–water partition coefficient (Wildman–Crippen LogP) is 3.15. The van der Waals surface area contributed by atoms with Crippen molar-refractivity contribution in [3.63, 3.8) is 0 Å². The minimum absolute atomic E-state index is 0.0198. The smallest absolute Gasteiger partial charge is 0.225 e. The zero-order chi connectivity index (χ0) is 24.1. The number of hydrogen-bond acceptors (Lipinski definition) is 6. The van der Waals surface area contributed by atoms with E-state index in [0.717, 1.165) is 44.6 Å². The molecule has 0 radical (unpaired) electrons. The largest absolute Gasteiger partial charge is 0.475 e. The van der Waals surface area contributed by atoms with Gasteiger partial charge in [0.15, 0.2) is 0 Å².